The van der Waals surface area contributed by atoms with Gasteiger partial charge in [-0.25, -0.2) is 0 Å². The fraction of sp³-hybridized carbons (Fsp3) is 1.00. The minimum Gasteiger partial charge on any atom is -0.366 e. The van der Waals surface area contributed by atoms with E-state index in [9.17, 15) is 0 Å². The first kappa shape index (κ1) is 6.62. The average Bonchev–Trinajstić information content (AvgIpc) is 2.62. The summed E-state index contributed by atoms with van der Waals surface area (Å²) in [7, 11) is 0. The number of nitrogens with two attached hydrogens (primary N) is 1. The van der Waals surface area contributed by atoms with Crippen LogP contribution in [0.4, 0.5) is 0 Å². The molecule has 2 nitrogen and oxygen atoms in total. The van der Waals surface area contributed by atoms with E-state index in [2.05, 4.69) is 0 Å². The van der Waals surface area contributed by atoms with Crippen LogP contribution in [0.5, 0.6) is 0 Å². The van der Waals surface area contributed by atoms with Crippen molar-refractivity contribution in [1.29, 1.82) is 0 Å². The second-order valence-electron chi connectivity index (χ2n) is 3.46. The third-order valence-electron chi connectivity index (χ3n) is 2.79. The molecule has 10 heavy (non-hydrogen) atoms. The summed E-state index contributed by atoms with van der Waals surface area (Å²) in [6, 6.07) is 0. The molecule has 0 spiro atoms. The van der Waals surface area contributed by atoms with E-state index in [0.717, 1.165) is 13.0 Å². The zero-order valence-corrected chi connectivity index (χ0v) is 6.31. The Kier molecular flexibility index (Phi) is 1.46. The highest BCUT2D eigenvalue weighted by molar-refractivity contribution is 5.04. The van der Waals surface area contributed by atoms with E-state index in [1.807, 2.05) is 0 Å². The monoisotopic (exact) mass is 141 g/mol. The average molecular weight is 141 g/mol. The van der Waals surface area contributed by atoms with Gasteiger partial charge in [0.2, 0.25) is 0 Å². The Morgan fingerprint density at radius 2 is 2.40 bits per heavy atom. The third-order valence-corrected chi connectivity index (χ3v) is 2.79. The van der Waals surface area contributed by atoms with Gasteiger partial charge < -0.3 is 10.5 Å². The molecule has 2 unspecified atom stereocenters. The summed E-state index contributed by atoms with van der Waals surface area (Å²) in [4.78, 5) is 0. The van der Waals surface area contributed by atoms with Crippen LogP contribution in [0.1, 0.15) is 32.1 Å². The molecule has 0 amide bonds. The van der Waals surface area contributed by atoms with Crippen LogP contribution in [0.3, 0.4) is 0 Å². The lowest BCUT2D eigenvalue weighted by molar-refractivity contribution is 0.274. The first-order valence-electron chi connectivity index (χ1n) is 4.25. The number of ether oxygens (including phenoxy) is 1. The van der Waals surface area contributed by atoms with E-state index in [4.69, 9.17) is 10.5 Å². The maximum absolute atomic E-state index is 5.63. The fourth-order valence-electron chi connectivity index (χ4n) is 2.13. The molecule has 2 aliphatic rings. The van der Waals surface area contributed by atoms with Crippen molar-refractivity contribution in [3.05, 3.63) is 0 Å². The highest BCUT2D eigenvalue weighted by Crippen LogP contribution is 2.49. The van der Waals surface area contributed by atoms with Crippen LogP contribution in [0.25, 0.3) is 0 Å². The van der Waals surface area contributed by atoms with Gasteiger partial charge >= 0.3 is 0 Å². The summed E-state index contributed by atoms with van der Waals surface area (Å²) < 4.78 is 5.63. The molecule has 58 valence electrons. The number of hydrogen-bond donors (Lipinski definition) is 1. The second-order valence-corrected chi connectivity index (χ2v) is 3.46. The van der Waals surface area contributed by atoms with E-state index < -0.39 is 0 Å². The van der Waals surface area contributed by atoms with Crippen LogP contribution < -0.4 is 5.73 Å². The van der Waals surface area contributed by atoms with Crippen molar-refractivity contribution in [2.45, 2.75) is 43.8 Å². The maximum Gasteiger partial charge on any atom is 0.0960 e. The van der Waals surface area contributed by atoms with Gasteiger partial charge in [-0.3, -0.25) is 0 Å². The largest absolute Gasteiger partial charge is 0.366 e. The quantitative estimate of drug-likeness (QED) is 0.584. The first-order chi connectivity index (χ1) is 4.87. The number of hydrogen-bond acceptors (Lipinski definition) is 2. The topological polar surface area (TPSA) is 38.5 Å². The van der Waals surface area contributed by atoms with Gasteiger partial charge in [-0.1, -0.05) is 12.8 Å². The minimum absolute atomic E-state index is 0.271. The highest BCUT2D eigenvalue weighted by atomic mass is 16.6. The van der Waals surface area contributed by atoms with Crippen LogP contribution in [-0.2, 0) is 4.74 Å². The molecule has 1 saturated heterocycles. The van der Waals surface area contributed by atoms with Gasteiger partial charge in [0, 0.05) is 0 Å². The fourth-order valence-corrected chi connectivity index (χ4v) is 2.13. The molecule has 1 aliphatic heterocycles. The van der Waals surface area contributed by atoms with E-state index in [-0.39, 0.29) is 5.60 Å². The molecule has 0 aromatic carbocycles. The lowest BCUT2D eigenvalue weighted by atomic mass is 9.87. The van der Waals surface area contributed by atoms with Crippen molar-refractivity contribution in [3.63, 3.8) is 0 Å². The van der Waals surface area contributed by atoms with Gasteiger partial charge in [-0.15, -0.1) is 0 Å². The molecule has 1 heterocycles. The summed E-state index contributed by atoms with van der Waals surface area (Å²) in [5.74, 6) is 0. The van der Waals surface area contributed by atoms with Crippen molar-refractivity contribution in [3.8, 4) is 0 Å². The van der Waals surface area contributed by atoms with Gasteiger partial charge in [0.05, 0.1) is 11.7 Å². The van der Waals surface area contributed by atoms with Crippen molar-refractivity contribution in [2.24, 2.45) is 5.73 Å². The Labute approximate surface area is 61.7 Å². The van der Waals surface area contributed by atoms with Crippen LogP contribution in [0.15, 0.2) is 0 Å². The lowest BCUT2D eigenvalue weighted by Crippen LogP contribution is -2.22. The van der Waals surface area contributed by atoms with Gasteiger partial charge in [0.15, 0.2) is 0 Å². The summed E-state index contributed by atoms with van der Waals surface area (Å²) in [5.41, 5.74) is 5.76. The van der Waals surface area contributed by atoms with Crippen molar-refractivity contribution in [1.82, 2.24) is 0 Å². The zero-order chi connectivity index (χ0) is 7.03. The minimum atomic E-state index is 0.271. The van der Waals surface area contributed by atoms with E-state index in [0.29, 0.717) is 6.10 Å². The summed E-state index contributed by atoms with van der Waals surface area (Å²) >= 11 is 0. The standard InChI is InChI=1S/C8H15NO/c9-6-5-8-4-2-1-3-7(8)10-8/h7H,1-6,9H2. The van der Waals surface area contributed by atoms with Crippen molar-refractivity contribution >= 4 is 0 Å². The van der Waals surface area contributed by atoms with Crippen molar-refractivity contribution < 1.29 is 4.74 Å². The molecule has 2 rings (SSSR count). The maximum atomic E-state index is 5.63. The third kappa shape index (κ3) is 0.867. The molecule has 0 aromatic heterocycles. The first-order valence-corrected chi connectivity index (χ1v) is 4.25. The van der Waals surface area contributed by atoms with Gasteiger partial charge in [-0.05, 0) is 25.8 Å². The Hall–Kier alpha value is -0.0800. The molecular weight excluding hydrogens is 126 g/mol. The zero-order valence-electron chi connectivity index (χ0n) is 6.31. The Morgan fingerprint density at radius 1 is 1.50 bits per heavy atom. The number of fused-ring (bicyclic) bond motifs is 1. The summed E-state index contributed by atoms with van der Waals surface area (Å²) in [6.07, 6.45) is 6.91. The van der Waals surface area contributed by atoms with Gasteiger partial charge in [0.25, 0.3) is 0 Å². The summed E-state index contributed by atoms with van der Waals surface area (Å²) in [6.45, 7) is 0.788. The normalized spacial score (nSPS) is 44.7. The Balaban J connectivity index is 1.92. The summed E-state index contributed by atoms with van der Waals surface area (Å²) in [5, 5.41) is 0. The number of rotatable bonds is 2. The van der Waals surface area contributed by atoms with Crippen molar-refractivity contribution in [2.75, 3.05) is 6.54 Å². The smallest absolute Gasteiger partial charge is 0.0960 e. The molecule has 1 saturated carbocycles. The highest BCUT2D eigenvalue weighted by Gasteiger charge is 2.55. The van der Waals surface area contributed by atoms with E-state index in [1.54, 1.807) is 0 Å². The van der Waals surface area contributed by atoms with E-state index in [1.165, 1.54) is 25.7 Å². The van der Waals surface area contributed by atoms with Gasteiger partial charge in [-0.2, -0.15) is 0 Å². The lowest BCUT2D eigenvalue weighted by Gasteiger charge is -2.15. The molecule has 2 atom stereocenters. The van der Waals surface area contributed by atoms with Crippen LogP contribution >= 0.6 is 0 Å². The molecular formula is C8H15NO. The Morgan fingerprint density at radius 3 is 3.10 bits per heavy atom. The predicted octanol–water partition coefficient (Wildman–Crippen LogP) is 1.05. The molecule has 0 radical (unpaired) electrons. The molecule has 1 aliphatic carbocycles. The van der Waals surface area contributed by atoms with Crippen LogP contribution in [0.2, 0.25) is 0 Å². The van der Waals surface area contributed by atoms with Gasteiger partial charge in [0.1, 0.15) is 0 Å². The number of epoxide rings is 1. The van der Waals surface area contributed by atoms with Crippen LogP contribution in [-0.4, -0.2) is 18.2 Å². The molecule has 2 N–H and O–H groups in total. The SMILES string of the molecule is NCCC12CCCCC1O2. The second kappa shape index (κ2) is 2.21. The Bertz CT molecular complexity index is 133. The molecule has 0 bridgehead atoms. The van der Waals surface area contributed by atoms with E-state index >= 15 is 0 Å². The predicted molar refractivity (Wildman–Crippen MR) is 39.7 cm³/mol. The molecule has 0 aromatic rings. The molecule has 2 heteroatoms. The van der Waals surface area contributed by atoms with Crippen LogP contribution in [0, 0.1) is 0 Å². The molecule has 2 fully saturated rings.